The third-order valence-corrected chi connectivity index (χ3v) is 4.85. The van der Waals surface area contributed by atoms with Crippen LogP contribution in [0.4, 0.5) is 0 Å². The number of carbonyl (C=O) groups is 2. The van der Waals surface area contributed by atoms with Crippen LogP contribution >= 0.6 is 0 Å². The molecule has 0 saturated heterocycles. The first kappa shape index (κ1) is 20.6. The first-order chi connectivity index (χ1) is 14.0. The number of aromatic nitrogens is 2. The maximum absolute atomic E-state index is 12.1. The van der Waals surface area contributed by atoms with Crippen molar-refractivity contribution < 1.29 is 19.1 Å². The van der Waals surface area contributed by atoms with Crippen LogP contribution in [0.25, 0.3) is 0 Å². The maximum Gasteiger partial charge on any atom is 0.267 e. The van der Waals surface area contributed by atoms with Gasteiger partial charge in [-0.25, -0.2) is 4.68 Å². The summed E-state index contributed by atoms with van der Waals surface area (Å²) < 4.78 is 12.1. The van der Waals surface area contributed by atoms with E-state index >= 15 is 0 Å². The van der Waals surface area contributed by atoms with Gasteiger partial charge in [0.15, 0.2) is 23.9 Å². The van der Waals surface area contributed by atoms with Crippen LogP contribution in [0.1, 0.15) is 41.4 Å². The highest BCUT2D eigenvalue weighted by atomic mass is 16.5. The molecule has 0 unspecified atom stereocenters. The number of nitrogens with one attached hydrogen (secondary N) is 1. The number of fused-ring (bicyclic) bond motifs is 1. The average molecular weight is 399 g/mol. The molecule has 0 aliphatic heterocycles. The van der Waals surface area contributed by atoms with E-state index in [4.69, 9.17) is 9.47 Å². The largest absolute Gasteiger partial charge is 0.493 e. The molecule has 0 bridgehead atoms. The van der Waals surface area contributed by atoms with E-state index in [0.29, 0.717) is 23.6 Å². The predicted octanol–water partition coefficient (Wildman–Crippen LogP) is 1.53. The minimum atomic E-state index is -0.325. The van der Waals surface area contributed by atoms with Crippen molar-refractivity contribution in [2.45, 2.75) is 39.2 Å². The Labute approximate surface area is 168 Å². The Bertz CT molecular complexity index is 967. The highest BCUT2D eigenvalue weighted by Crippen LogP contribution is 2.28. The topological polar surface area (TPSA) is 99.5 Å². The van der Waals surface area contributed by atoms with Crippen LogP contribution in [0.5, 0.6) is 11.5 Å². The lowest BCUT2D eigenvalue weighted by atomic mass is 9.97. The van der Waals surface area contributed by atoms with Gasteiger partial charge in [0, 0.05) is 18.2 Å². The second kappa shape index (κ2) is 9.36. The van der Waals surface area contributed by atoms with Crippen LogP contribution in [-0.2, 0) is 24.2 Å². The zero-order valence-corrected chi connectivity index (χ0v) is 16.7. The highest BCUT2D eigenvalue weighted by molar-refractivity contribution is 5.94. The first-order valence-electron chi connectivity index (χ1n) is 9.66. The summed E-state index contributed by atoms with van der Waals surface area (Å²) in [5, 5.41) is 7.14. The lowest BCUT2D eigenvalue weighted by Crippen LogP contribution is -2.35. The van der Waals surface area contributed by atoms with Gasteiger partial charge in [-0.1, -0.05) is 0 Å². The van der Waals surface area contributed by atoms with E-state index in [0.717, 1.165) is 36.9 Å². The van der Waals surface area contributed by atoms with Crippen molar-refractivity contribution in [2.75, 3.05) is 20.3 Å². The molecule has 2 aromatic rings. The fourth-order valence-electron chi connectivity index (χ4n) is 3.26. The fraction of sp³-hybridized carbons (Fsp3) is 0.429. The molecule has 1 heterocycles. The van der Waals surface area contributed by atoms with Crippen molar-refractivity contribution in [3.05, 3.63) is 51.4 Å². The van der Waals surface area contributed by atoms with E-state index in [1.165, 1.54) is 18.7 Å². The number of ether oxygens (including phenoxy) is 2. The van der Waals surface area contributed by atoms with Crippen molar-refractivity contribution in [1.82, 2.24) is 15.1 Å². The molecule has 1 aromatic carbocycles. The Kier molecular flexibility index (Phi) is 6.64. The van der Waals surface area contributed by atoms with E-state index in [9.17, 15) is 14.4 Å². The quantitative estimate of drug-likeness (QED) is 0.676. The normalized spacial score (nSPS) is 12.8. The van der Waals surface area contributed by atoms with E-state index in [1.807, 2.05) is 0 Å². The number of ketones is 1. The molecule has 1 aliphatic rings. The number of aryl methyl sites for hydroxylation is 2. The maximum atomic E-state index is 12.1. The molecule has 0 atom stereocenters. The van der Waals surface area contributed by atoms with Gasteiger partial charge < -0.3 is 14.8 Å². The van der Waals surface area contributed by atoms with E-state index in [-0.39, 0.29) is 30.4 Å². The summed E-state index contributed by atoms with van der Waals surface area (Å²) in [7, 11) is 1.47. The molecule has 1 N–H and O–H groups in total. The number of Topliss-reactive ketones (excluding diaryl/α,β-unsaturated/α-hetero) is 1. The summed E-state index contributed by atoms with van der Waals surface area (Å²) in [6.45, 7) is 1.83. The Hall–Kier alpha value is -3.16. The average Bonchev–Trinajstić information content (AvgIpc) is 2.72. The number of rotatable bonds is 8. The van der Waals surface area contributed by atoms with E-state index in [2.05, 4.69) is 10.4 Å². The lowest BCUT2D eigenvalue weighted by molar-refractivity contribution is -0.123. The number of hydrogen-bond donors (Lipinski definition) is 1. The van der Waals surface area contributed by atoms with Crippen molar-refractivity contribution in [3.63, 3.8) is 0 Å². The molecule has 8 heteroatoms. The molecule has 154 valence electrons. The van der Waals surface area contributed by atoms with E-state index in [1.54, 1.807) is 24.3 Å². The second-order valence-electron chi connectivity index (χ2n) is 6.95. The van der Waals surface area contributed by atoms with Gasteiger partial charge in [0.1, 0.15) is 0 Å². The fourth-order valence-corrected chi connectivity index (χ4v) is 3.26. The first-order valence-corrected chi connectivity index (χ1v) is 9.66. The monoisotopic (exact) mass is 399 g/mol. The predicted molar refractivity (Wildman–Crippen MR) is 107 cm³/mol. The van der Waals surface area contributed by atoms with Gasteiger partial charge >= 0.3 is 0 Å². The molecule has 0 spiro atoms. The van der Waals surface area contributed by atoms with Gasteiger partial charge in [-0.2, -0.15) is 5.10 Å². The van der Waals surface area contributed by atoms with Crippen LogP contribution in [0.2, 0.25) is 0 Å². The Morgan fingerprint density at radius 2 is 1.97 bits per heavy atom. The molecule has 3 rings (SSSR count). The van der Waals surface area contributed by atoms with Crippen molar-refractivity contribution in [2.24, 2.45) is 0 Å². The minimum absolute atomic E-state index is 0.0846. The van der Waals surface area contributed by atoms with Crippen LogP contribution in [0.3, 0.4) is 0 Å². The SMILES string of the molecule is COc1cc(C(C)=O)ccc1OCC(=O)NCCn1nc2c(cc1=O)CCCC2. The molecule has 29 heavy (non-hydrogen) atoms. The van der Waals surface area contributed by atoms with Crippen molar-refractivity contribution in [3.8, 4) is 11.5 Å². The summed E-state index contributed by atoms with van der Waals surface area (Å²) in [5.41, 5.74) is 2.37. The molecule has 1 amide bonds. The third kappa shape index (κ3) is 5.22. The van der Waals surface area contributed by atoms with Gasteiger partial charge in [-0.3, -0.25) is 14.4 Å². The second-order valence-corrected chi connectivity index (χ2v) is 6.95. The summed E-state index contributed by atoms with van der Waals surface area (Å²) in [4.78, 5) is 35.6. The standard InChI is InChI=1S/C21H25N3O5/c1-14(25)15-7-8-18(19(11-15)28-2)29-13-20(26)22-9-10-24-21(27)12-16-5-3-4-6-17(16)23-24/h7-8,11-12H,3-6,9-10,13H2,1-2H3,(H,22,26). The van der Waals surface area contributed by atoms with Crippen LogP contribution < -0.4 is 20.3 Å². The molecule has 0 radical (unpaired) electrons. The Morgan fingerprint density at radius 1 is 1.17 bits per heavy atom. The van der Waals surface area contributed by atoms with Gasteiger partial charge in [0.2, 0.25) is 0 Å². The number of benzene rings is 1. The number of methoxy groups -OCH3 is 1. The molecule has 8 nitrogen and oxygen atoms in total. The highest BCUT2D eigenvalue weighted by Gasteiger charge is 2.14. The summed E-state index contributed by atoms with van der Waals surface area (Å²) in [6.07, 6.45) is 3.98. The summed E-state index contributed by atoms with van der Waals surface area (Å²) in [6, 6.07) is 6.44. The molecular formula is C21H25N3O5. The molecule has 1 aromatic heterocycles. The van der Waals surface area contributed by atoms with Gasteiger partial charge in [0.05, 0.1) is 19.3 Å². The van der Waals surface area contributed by atoms with Gasteiger partial charge in [-0.15, -0.1) is 0 Å². The number of amides is 1. The zero-order valence-electron chi connectivity index (χ0n) is 16.7. The van der Waals surface area contributed by atoms with Crippen LogP contribution in [0, 0.1) is 0 Å². The molecular weight excluding hydrogens is 374 g/mol. The van der Waals surface area contributed by atoms with Crippen LogP contribution in [-0.4, -0.2) is 41.7 Å². The molecule has 1 aliphatic carbocycles. The van der Waals surface area contributed by atoms with Gasteiger partial charge in [0.25, 0.3) is 11.5 Å². The van der Waals surface area contributed by atoms with E-state index < -0.39 is 0 Å². The Morgan fingerprint density at radius 3 is 2.72 bits per heavy atom. The van der Waals surface area contributed by atoms with Crippen molar-refractivity contribution >= 4 is 11.7 Å². The third-order valence-electron chi connectivity index (χ3n) is 4.85. The minimum Gasteiger partial charge on any atom is -0.493 e. The van der Waals surface area contributed by atoms with Gasteiger partial charge in [-0.05, 0) is 56.4 Å². The van der Waals surface area contributed by atoms with Crippen molar-refractivity contribution in [1.29, 1.82) is 0 Å². The molecule has 0 fully saturated rings. The van der Waals surface area contributed by atoms with Crippen LogP contribution in [0.15, 0.2) is 29.1 Å². The summed E-state index contributed by atoms with van der Waals surface area (Å²) in [5.74, 6) is 0.350. The number of nitrogens with zero attached hydrogens (tertiary/aromatic N) is 2. The smallest absolute Gasteiger partial charge is 0.267 e. The number of carbonyl (C=O) groups excluding carboxylic acids is 2. The Balaban J connectivity index is 1.51. The molecule has 0 saturated carbocycles. The number of hydrogen-bond acceptors (Lipinski definition) is 6. The summed E-state index contributed by atoms with van der Waals surface area (Å²) >= 11 is 0. The zero-order chi connectivity index (χ0) is 20.8. The lowest BCUT2D eigenvalue weighted by Gasteiger charge is -2.16.